The first-order valence-corrected chi connectivity index (χ1v) is 4.44. The summed E-state index contributed by atoms with van der Waals surface area (Å²) >= 11 is 0. The Labute approximate surface area is 66.9 Å². The summed E-state index contributed by atoms with van der Waals surface area (Å²) in [5.41, 5.74) is -0.320. The number of Topliss-reactive ketones (excluding diaryl/α,β-unsaturated/α-hetero) is 1. The van der Waals surface area contributed by atoms with Crippen LogP contribution in [0, 0.1) is 0 Å². The largest absolute Gasteiger partial charge is 0.364 e. The van der Waals surface area contributed by atoms with E-state index in [-0.39, 0.29) is 5.60 Å². The van der Waals surface area contributed by atoms with Crippen molar-refractivity contribution in [2.75, 3.05) is 0 Å². The first-order valence-electron chi connectivity index (χ1n) is 4.44. The molecule has 0 aromatic carbocycles. The second-order valence-corrected chi connectivity index (χ2v) is 3.74. The number of carbonyl (C=O) groups is 1. The van der Waals surface area contributed by atoms with Crippen LogP contribution in [-0.4, -0.2) is 17.5 Å². The predicted molar refractivity (Wildman–Crippen MR) is 41.4 cm³/mol. The van der Waals surface area contributed by atoms with Crippen molar-refractivity contribution in [2.24, 2.45) is 0 Å². The van der Waals surface area contributed by atoms with Crippen LogP contribution >= 0.6 is 0 Å². The minimum atomic E-state index is -0.320. The van der Waals surface area contributed by atoms with Gasteiger partial charge in [-0.25, -0.2) is 0 Å². The summed E-state index contributed by atoms with van der Waals surface area (Å²) in [5, 5.41) is 0. The molecular weight excluding hydrogens is 140 g/mol. The van der Waals surface area contributed by atoms with E-state index in [1.807, 2.05) is 0 Å². The molecule has 1 aliphatic carbocycles. The average molecular weight is 154 g/mol. The van der Waals surface area contributed by atoms with Crippen LogP contribution in [-0.2, 0) is 9.53 Å². The van der Waals surface area contributed by atoms with E-state index >= 15 is 0 Å². The van der Waals surface area contributed by atoms with Gasteiger partial charge in [-0.2, -0.15) is 0 Å². The molecule has 1 heterocycles. The third-order valence-corrected chi connectivity index (χ3v) is 2.87. The van der Waals surface area contributed by atoms with Crippen LogP contribution in [0.2, 0.25) is 0 Å². The first kappa shape index (κ1) is 7.29. The van der Waals surface area contributed by atoms with Crippen LogP contribution in [0.25, 0.3) is 0 Å². The highest BCUT2D eigenvalue weighted by Crippen LogP contribution is 2.40. The smallest absolute Gasteiger partial charge is 0.164 e. The molecule has 0 amide bonds. The van der Waals surface area contributed by atoms with E-state index in [4.69, 9.17) is 4.74 Å². The van der Waals surface area contributed by atoms with Crippen LogP contribution in [0.4, 0.5) is 0 Å². The molecule has 2 rings (SSSR count). The van der Waals surface area contributed by atoms with Gasteiger partial charge in [-0.3, -0.25) is 4.79 Å². The molecule has 11 heavy (non-hydrogen) atoms. The molecule has 2 atom stereocenters. The van der Waals surface area contributed by atoms with Crippen LogP contribution in [0.15, 0.2) is 0 Å². The van der Waals surface area contributed by atoms with Gasteiger partial charge in [0.2, 0.25) is 0 Å². The van der Waals surface area contributed by atoms with E-state index in [0.29, 0.717) is 11.9 Å². The van der Waals surface area contributed by atoms with E-state index in [1.54, 1.807) is 0 Å². The first-order chi connectivity index (χ1) is 5.23. The van der Waals surface area contributed by atoms with Gasteiger partial charge < -0.3 is 4.74 Å². The molecule has 0 radical (unpaired) electrons. The number of carbonyl (C=O) groups excluding carboxylic acids is 1. The average Bonchev–Trinajstić information content (AvgIpc) is 2.46. The van der Waals surface area contributed by atoms with Crippen LogP contribution in [0.5, 0.6) is 0 Å². The highest BCUT2D eigenvalue weighted by atomic mass is 16.5. The van der Waals surface area contributed by atoms with Crippen molar-refractivity contribution in [2.45, 2.75) is 50.7 Å². The number of ketones is 1. The molecule has 1 aliphatic heterocycles. The maximum Gasteiger partial charge on any atom is 0.164 e. The molecule has 0 N–H and O–H groups in total. The lowest BCUT2D eigenvalue weighted by atomic mass is 9.97. The Morgan fingerprint density at radius 1 is 1.55 bits per heavy atom. The molecule has 2 fully saturated rings. The molecule has 0 bridgehead atoms. The number of ether oxygens (including phenoxy) is 1. The molecule has 1 saturated heterocycles. The van der Waals surface area contributed by atoms with Crippen molar-refractivity contribution in [1.29, 1.82) is 0 Å². The maximum atomic E-state index is 11.4. The number of hydrogen-bond donors (Lipinski definition) is 0. The van der Waals surface area contributed by atoms with Crippen LogP contribution < -0.4 is 0 Å². The maximum absolute atomic E-state index is 11.4. The summed E-state index contributed by atoms with van der Waals surface area (Å²) < 4.78 is 5.67. The van der Waals surface area contributed by atoms with Gasteiger partial charge in [0.25, 0.3) is 0 Å². The molecule has 0 unspecified atom stereocenters. The number of hydrogen-bond acceptors (Lipinski definition) is 2. The standard InChI is InChI=1S/C9H14O2/c1-7-4-6-9(11-7)5-2-3-8(9)10/h7H,2-6H2,1H3/t7-,9+/m1/s1. The minimum absolute atomic E-state index is 0.303. The quantitative estimate of drug-likeness (QED) is 0.530. The van der Waals surface area contributed by atoms with E-state index in [1.165, 1.54) is 0 Å². The summed E-state index contributed by atoms with van der Waals surface area (Å²) in [4.78, 5) is 11.4. The van der Waals surface area contributed by atoms with Crippen molar-refractivity contribution >= 4 is 5.78 Å². The SMILES string of the molecule is C[C@@H]1CC[C@]2(CCCC2=O)O1. The van der Waals surface area contributed by atoms with Gasteiger partial charge in [0.05, 0.1) is 6.10 Å². The van der Waals surface area contributed by atoms with Crippen molar-refractivity contribution in [3.8, 4) is 0 Å². The Hall–Kier alpha value is -0.370. The van der Waals surface area contributed by atoms with Gasteiger partial charge >= 0.3 is 0 Å². The fourth-order valence-corrected chi connectivity index (χ4v) is 2.23. The van der Waals surface area contributed by atoms with E-state index in [9.17, 15) is 4.79 Å². The summed E-state index contributed by atoms with van der Waals surface area (Å²) in [7, 11) is 0. The summed E-state index contributed by atoms with van der Waals surface area (Å²) in [6, 6.07) is 0. The lowest BCUT2D eigenvalue weighted by Gasteiger charge is -2.20. The Kier molecular flexibility index (Phi) is 1.53. The zero-order valence-electron chi connectivity index (χ0n) is 6.93. The van der Waals surface area contributed by atoms with Crippen LogP contribution in [0.3, 0.4) is 0 Å². The molecule has 0 aromatic rings. The second-order valence-electron chi connectivity index (χ2n) is 3.74. The third-order valence-electron chi connectivity index (χ3n) is 2.87. The highest BCUT2D eigenvalue weighted by molar-refractivity contribution is 5.89. The van der Waals surface area contributed by atoms with Crippen molar-refractivity contribution in [3.63, 3.8) is 0 Å². The monoisotopic (exact) mass is 154 g/mol. The van der Waals surface area contributed by atoms with E-state index in [2.05, 4.69) is 6.92 Å². The molecule has 1 saturated carbocycles. The predicted octanol–water partition coefficient (Wildman–Crippen LogP) is 1.68. The van der Waals surface area contributed by atoms with Crippen LogP contribution in [0.1, 0.15) is 39.0 Å². The molecule has 2 aliphatic rings. The van der Waals surface area contributed by atoms with Gasteiger partial charge in [0.15, 0.2) is 5.78 Å². The zero-order chi connectivity index (χ0) is 7.90. The Bertz CT molecular complexity index is 188. The second kappa shape index (κ2) is 2.31. The Balaban J connectivity index is 2.16. The fourth-order valence-electron chi connectivity index (χ4n) is 2.23. The summed E-state index contributed by atoms with van der Waals surface area (Å²) in [6.45, 7) is 2.06. The lowest BCUT2D eigenvalue weighted by Crippen LogP contribution is -2.33. The van der Waals surface area contributed by atoms with Gasteiger partial charge in [0.1, 0.15) is 5.60 Å². The minimum Gasteiger partial charge on any atom is -0.364 e. The van der Waals surface area contributed by atoms with Gasteiger partial charge in [-0.15, -0.1) is 0 Å². The Morgan fingerprint density at radius 2 is 2.36 bits per heavy atom. The van der Waals surface area contributed by atoms with E-state index in [0.717, 1.165) is 32.1 Å². The molecular formula is C9H14O2. The fraction of sp³-hybridized carbons (Fsp3) is 0.889. The third kappa shape index (κ3) is 1.00. The Morgan fingerprint density at radius 3 is 2.82 bits per heavy atom. The van der Waals surface area contributed by atoms with Gasteiger partial charge in [0, 0.05) is 6.42 Å². The molecule has 1 spiro atoms. The van der Waals surface area contributed by atoms with Gasteiger partial charge in [-0.05, 0) is 32.6 Å². The molecule has 2 nitrogen and oxygen atoms in total. The topological polar surface area (TPSA) is 26.3 Å². The molecule has 0 aromatic heterocycles. The van der Waals surface area contributed by atoms with Crippen molar-refractivity contribution < 1.29 is 9.53 Å². The summed E-state index contributed by atoms with van der Waals surface area (Å²) in [6.07, 6.45) is 5.07. The normalized spacial score (nSPS) is 44.1. The zero-order valence-corrected chi connectivity index (χ0v) is 6.93. The van der Waals surface area contributed by atoms with Gasteiger partial charge in [-0.1, -0.05) is 0 Å². The number of rotatable bonds is 0. The van der Waals surface area contributed by atoms with Crippen molar-refractivity contribution in [1.82, 2.24) is 0 Å². The van der Waals surface area contributed by atoms with E-state index < -0.39 is 0 Å². The molecule has 2 heteroatoms. The molecule has 62 valence electrons. The van der Waals surface area contributed by atoms with Crippen molar-refractivity contribution in [3.05, 3.63) is 0 Å². The summed E-state index contributed by atoms with van der Waals surface area (Å²) in [5.74, 6) is 0.349. The lowest BCUT2D eigenvalue weighted by molar-refractivity contribution is -0.137. The highest BCUT2D eigenvalue weighted by Gasteiger charge is 2.47.